The summed E-state index contributed by atoms with van der Waals surface area (Å²) in [6.45, 7) is 2.66. The van der Waals surface area contributed by atoms with Crippen molar-refractivity contribution in [3.05, 3.63) is 53.5 Å². The van der Waals surface area contributed by atoms with E-state index < -0.39 is 10.7 Å². The van der Waals surface area contributed by atoms with Crippen molar-refractivity contribution in [2.75, 3.05) is 13.7 Å². The fourth-order valence-corrected chi connectivity index (χ4v) is 3.02. The molecule has 0 spiro atoms. The maximum Gasteiger partial charge on any atom is 0.316 e. The fourth-order valence-electron chi connectivity index (χ4n) is 3.02. The number of rotatable bonds is 0. The lowest BCUT2D eigenvalue weighted by atomic mass is 10.2. The Hall–Kier alpha value is -3.00. The van der Waals surface area contributed by atoms with Crippen molar-refractivity contribution in [1.82, 2.24) is 10.2 Å². The number of hydrogen-bond acceptors (Lipinski definition) is 5. The summed E-state index contributed by atoms with van der Waals surface area (Å²) in [7, 11) is 1.86. The van der Waals surface area contributed by atoms with Crippen LogP contribution in [0.15, 0.2) is 58.0 Å². The second-order valence-corrected chi connectivity index (χ2v) is 6.52. The number of fused-ring (bicyclic) bond motifs is 1. The maximum atomic E-state index is 14.9. The van der Waals surface area contributed by atoms with Crippen LogP contribution in [0.4, 0.5) is 4.48 Å². The average molecular weight is 356 g/mol. The van der Waals surface area contributed by atoms with Gasteiger partial charge in [-0.2, -0.15) is 4.99 Å². The fraction of sp³-hybridized carbons (Fsp3) is 0.278. The number of halogens is 1. The average Bonchev–Trinajstić information content (AvgIpc) is 2.97. The summed E-state index contributed by atoms with van der Waals surface area (Å²) in [5, 5.41) is 6.59. The van der Waals surface area contributed by atoms with Crippen molar-refractivity contribution in [2.24, 2.45) is 10.1 Å². The summed E-state index contributed by atoms with van der Waals surface area (Å²) in [6, 6.07) is 7.44. The number of aliphatic imine (C=N–C) groups is 1. The molecule has 4 rings (SSSR count). The number of likely N-dealkylation sites (N-methyl/N-ethyl adjacent to an activating group) is 1. The van der Waals surface area contributed by atoms with Crippen LogP contribution in [0.25, 0.3) is 0 Å². The molecule has 1 N–H and O–H groups in total. The van der Waals surface area contributed by atoms with Gasteiger partial charge in [0.05, 0.1) is 10.9 Å². The van der Waals surface area contributed by atoms with Crippen molar-refractivity contribution in [2.45, 2.75) is 19.5 Å². The van der Waals surface area contributed by atoms with E-state index >= 15 is 0 Å². The molecule has 3 aliphatic heterocycles. The van der Waals surface area contributed by atoms with Crippen LogP contribution < -0.4 is 10.1 Å². The van der Waals surface area contributed by atoms with Crippen LogP contribution in [0.5, 0.6) is 5.75 Å². The molecule has 0 aromatic heterocycles. The molecule has 8 heteroatoms. The number of ether oxygens (including phenoxy) is 1. The maximum absolute atomic E-state index is 14.9. The van der Waals surface area contributed by atoms with Crippen LogP contribution in [0.3, 0.4) is 0 Å². The summed E-state index contributed by atoms with van der Waals surface area (Å²) < 4.78 is 20.8. The van der Waals surface area contributed by atoms with E-state index in [1.807, 2.05) is 43.1 Å². The molecular weight excluding hydrogens is 337 g/mol. The van der Waals surface area contributed by atoms with Crippen LogP contribution in [0.2, 0.25) is 0 Å². The molecule has 7 nitrogen and oxygen atoms in total. The number of amidine groups is 1. The van der Waals surface area contributed by atoms with E-state index in [2.05, 4.69) is 15.4 Å². The highest BCUT2D eigenvalue weighted by atomic mass is 19.2. The predicted octanol–water partition coefficient (Wildman–Crippen LogP) is 1.85. The second-order valence-electron chi connectivity index (χ2n) is 6.52. The largest absolute Gasteiger partial charge is 0.491 e. The van der Waals surface area contributed by atoms with Crippen LogP contribution in [0.1, 0.15) is 12.5 Å². The first kappa shape index (κ1) is 16.5. The summed E-state index contributed by atoms with van der Waals surface area (Å²) in [5.74, 6) is 0.834. The highest BCUT2D eigenvalue weighted by Gasteiger charge is 2.45. The second kappa shape index (κ2) is 6.06. The Morgan fingerprint density at radius 1 is 1.38 bits per heavy atom. The van der Waals surface area contributed by atoms with Gasteiger partial charge >= 0.3 is 5.82 Å². The summed E-state index contributed by atoms with van der Waals surface area (Å²) in [5.41, 5.74) is 1.10. The van der Waals surface area contributed by atoms with Crippen molar-refractivity contribution in [3.8, 4) is 5.75 Å². The molecule has 134 valence electrons. The molecule has 0 aliphatic carbocycles. The predicted molar refractivity (Wildman–Crippen MR) is 94.5 cm³/mol. The molecule has 1 aromatic rings. The lowest BCUT2D eigenvalue weighted by Gasteiger charge is -2.23. The quantitative estimate of drug-likeness (QED) is 0.722. The third-order valence-electron chi connectivity index (χ3n) is 4.42. The number of carbonyl (C=O) groups excluding carboxylic acids is 1. The van der Waals surface area contributed by atoms with E-state index in [1.165, 1.54) is 12.4 Å². The van der Waals surface area contributed by atoms with Crippen molar-refractivity contribution < 1.29 is 18.8 Å². The van der Waals surface area contributed by atoms with E-state index in [9.17, 15) is 9.28 Å². The zero-order chi connectivity index (χ0) is 18.3. The Bertz CT molecular complexity index is 891. The third kappa shape index (κ3) is 2.78. The molecule has 2 unspecified atom stereocenters. The molecule has 2 atom stereocenters. The lowest BCUT2D eigenvalue weighted by molar-refractivity contribution is -0.987. The van der Waals surface area contributed by atoms with Gasteiger partial charge in [-0.1, -0.05) is 18.2 Å². The van der Waals surface area contributed by atoms with Gasteiger partial charge in [0.1, 0.15) is 24.4 Å². The van der Waals surface area contributed by atoms with Crippen molar-refractivity contribution in [3.63, 3.8) is 0 Å². The standard InChI is InChI=1S/C18H18FN5O2/c1-12-11-26-15-6-4-3-5-13(15)10-23(2)16-7-8-24(19)17(22-16)14(9-20-24)18(25)21-12/h3-9,12H,10-11H2,1-2H3/p+1. The van der Waals surface area contributed by atoms with Gasteiger partial charge in [0.25, 0.3) is 5.91 Å². The summed E-state index contributed by atoms with van der Waals surface area (Å²) in [4.78, 5) is 17.5. The molecule has 0 saturated carbocycles. The van der Waals surface area contributed by atoms with Crippen LogP contribution in [-0.4, -0.2) is 47.4 Å². The first-order valence-electron chi connectivity index (χ1n) is 8.36. The molecule has 0 radical (unpaired) electrons. The van der Waals surface area contributed by atoms with Gasteiger partial charge in [0.15, 0.2) is 11.8 Å². The number of carbonyl (C=O) groups is 1. The number of quaternary nitrogens is 1. The zero-order valence-electron chi connectivity index (χ0n) is 14.5. The smallest absolute Gasteiger partial charge is 0.316 e. The molecular formula is C18H19FN5O2+. The molecule has 1 aromatic carbocycles. The summed E-state index contributed by atoms with van der Waals surface area (Å²) in [6.07, 6.45) is 4.06. The Morgan fingerprint density at radius 2 is 2.19 bits per heavy atom. The molecule has 3 aliphatic rings. The van der Waals surface area contributed by atoms with E-state index in [1.54, 1.807) is 6.08 Å². The molecule has 0 fully saturated rings. The van der Waals surface area contributed by atoms with Gasteiger partial charge in [-0.05, 0) is 18.1 Å². The SMILES string of the molecule is CC1COc2ccccc2CN(C)C2=NC3=C(C=N[N+]3(F)C=C2)C(=O)N1. The van der Waals surface area contributed by atoms with Gasteiger partial charge in [-0.3, -0.25) is 4.79 Å². The zero-order valence-corrected chi connectivity index (χ0v) is 14.5. The first-order valence-corrected chi connectivity index (χ1v) is 8.36. The van der Waals surface area contributed by atoms with Gasteiger partial charge in [0, 0.05) is 29.7 Å². The number of hydrogen-bond donors (Lipinski definition) is 1. The van der Waals surface area contributed by atoms with E-state index in [0.717, 1.165) is 11.3 Å². The van der Waals surface area contributed by atoms with E-state index in [4.69, 9.17) is 4.74 Å². The van der Waals surface area contributed by atoms with Gasteiger partial charge in [-0.25, -0.2) is 0 Å². The highest BCUT2D eigenvalue weighted by Crippen LogP contribution is 2.33. The number of nitrogens with one attached hydrogen (secondary N) is 1. The van der Waals surface area contributed by atoms with Crippen LogP contribution >= 0.6 is 0 Å². The summed E-state index contributed by atoms with van der Waals surface area (Å²) >= 11 is 0. The minimum Gasteiger partial charge on any atom is -0.491 e. The molecule has 1 amide bonds. The van der Waals surface area contributed by atoms with Gasteiger partial charge in [-0.15, -0.1) is 0 Å². The third-order valence-corrected chi connectivity index (χ3v) is 4.42. The monoisotopic (exact) mass is 356 g/mol. The Morgan fingerprint density at radius 3 is 3.04 bits per heavy atom. The van der Waals surface area contributed by atoms with E-state index in [-0.39, 0.29) is 17.4 Å². The highest BCUT2D eigenvalue weighted by molar-refractivity contribution is 6.13. The number of amides is 1. The number of nitrogens with zero attached hydrogens (tertiary/aromatic N) is 4. The van der Waals surface area contributed by atoms with E-state index in [0.29, 0.717) is 19.0 Å². The van der Waals surface area contributed by atoms with Crippen molar-refractivity contribution in [1.29, 1.82) is 0 Å². The lowest BCUT2D eigenvalue weighted by Crippen LogP contribution is -2.38. The molecule has 0 saturated heterocycles. The molecule has 3 heterocycles. The molecule has 26 heavy (non-hydrogen) atoms. The van der Waals surface area contributed by atoms with Crippen LogP contribution in [-0.2, 0) is 11.3 Å². The van der Waals surface area contributed by atoms with Crippen LogP contribution in [0, 0.1) is 0 Å². The topological polar surface area (TPSA) is 66.3 Å². The minimum atomic E-state index is -1.35. The molecule has 2 bridgehead atoms. The first-order chi connectivity index (χ1) is 12.5. The van der Waals surface area contributed by atoms with Crippen molar-refractivity contribution >= 4 is 18.0 Å². The number of para-hydroxylation sites is 1. The minimum absolute atomic E-state index is 0.0347. The van der Waals surface area contributed by atoms with Gasteiger partial charge < -0.3 is 15.0 Å². The normalized spacial score (nSPS) is 27.7. The number of benzene rings is 1. The Labute approximate surface area is 150 Å². The Balaban J connectivity index is 1.78. The van der Waals surface area contributed by atoms with Gasteiger partial charge in [0.2, 0.25) is 0 Å². The Kier molecular flexibility index (Phi) is 3.84.